The summed E-state index contributed by atoms with van der Waals surface area (Å²) in [6.07, 6.45) is 1.30. The van der Waals surface area contributed by atoms with E-state index in [9.17, 15) is 18.8 Å². The molecule has 1 atom stereocenters. The van der Waals surface area contributed by atoms with Crippen LogP contribution in [0.5, 0.6) is 0 Å². The third-order valence-corrected chi connectivity index (χ3v) is 3.86. The van der Waals surface area contributed by atoms with Crippen LogP contribution in [0.2, 0.25) is 0 Å². The monoisotopic (exact) mass is 276 g/mol. The molecule has 3 amide bonds. The van der Waals surface area contributed by atoms with Crippen molar-refractivity contribution in [3.63, 3.8) is 0 Å². The van der Waals surface area contributed by atoms with Crippen LogP contribution in [0.15, 0.2) is 24.3 Å². The Kier molecular flexibility index (Phi) is 2.81. The molecule has 5 nitrogen and oxygen atoms in total. The lowest BCUT2D eigenvalue weighted by atomic mass is 9.94. The predicted octanol–water partition coefficient (Wildman–Crippen LogP) is 0.389. The largest absolute Gasteiger partial charge is 0.343 e. The Hall–Kier alpha value is -2.24. The van der Waals surface area contributed by atoms with Gasteiger partial charge >= 0.3 is 0 Å². The molecule has 6 heteroatoms. The molecule has 2 fully saturated rings. The van der Waals surface area contributed by atoms with E-state index in [1.165, 1.54) is 12.1 Å². The molecule has 1 aliphatic heterocycles. The maximum Gasteiger partial charge on any atom is 0.249 e. The molecule has 3 rings (SSSR count). The summed E-state index contributed by atoms with van der Waals surface area (Å²) in [6, 6.07) is 5.00. The van der Waals surface area contributed by atoms with Crippen LogP contribution in [0, 0.1) is 5.82 Å². The number of hydrogen-bond donors (Lipinski definition) is 2. The van der Waals surface area contributed by atoms with Gasteiger partial charge in [0, 0.05) is 0 Å². The van der Waals surface area contributed by atoms with Crippen molar-refractivity contribution in [3.05, 3.63) is 35.6 Å². The maximum atomic E-state index is 12.9. The van der Waals surface area contributed by atoms with Crippen molar-refractivity contribution in [1.29, 1.82) is 0 Å². The summed E-state index contributed by atoms with van der Waals surface area (Å²) in [5, 5.41) is 4.76. The summed E-state index contributed by atoms with van der Waals surface area (Å²) >= 11 is 0. The van der Waals surface area contributed by atoms with E-state index >= 15 is 0 Å². The van der Waals surface area contributed by atoms with Crippen LogP contribution in [0.4, 0.5) is 4.39 Å². The molecule has 20 heavy (non-hydrogen) atoms. The molecule has 1 aromatic rings. The molecule has 0 bridgehead atoms. The summed E-state index contributed by atoms with van der Waals surface area (Å²) in [4.78, 5) is 34.9. The fraction of sp³-hybridized carbons (Fsp3) is 0.357. The van der Waals surface area contributed by atoms with Gasteiger partial charge in [0.2, 0.25) is 17.7 Å². The van der Waals surface area contributed by atoms with E-state index in [0.29, 0.717) is 12.8 Å². The van der Waals surface area contributed by atoms with Gasteiger partial charge in [-0.3, -0.25) is 19.7 Å². The van der Waals surface area contributed by atoms with E-state index in [4.69, 9.17) is 0 Å². The lowest BCUT2D eigenvalue weighted by Crippen LogP contribution is -2.45. The number of amides is 3. The van der Waals surface area contributed by atoms with E-state index in [2.05, 4.69) is 10.6 Å². The van der Waals surface area contributed by atoms with E-state index in [1.54, 1.807) is 12.1 Å². The second-order valence-corrected chi connectivity index (χ2v) is 5.23. The standard InChI is InChI=1S/C14H13FN2O3/c15-9-3-1-8(2-4-9)14(5-6-14)13(20)16-10-7-11(18)17-12(10)19/h1-4,10H,5-7H2,(H,16,20)(H,17,18,19). The normalized spacial score (nSPS) is 23.4. The van der Waals surface area contributed by atoms with Crippen molar-refractivity contribution in [2.45, 2.75) is 30.7 Å². The van der Waals surface area contributed by atoms with Crippen LogP contribution >= 0.6 is 0 Å². The van der Waals surface area contributed by atoms with Crippen molar-refractivity contribution in [3.8, 4) is 0 Å². The van der Waals surface area contributed by atoms with Crippen LogP contribution in [-0.2, 0) is 19.8 Å². The fourth-order valence-electron chi connectivity index (χ4n) is 2.51. The van der Waals surface area contributed by atoms with Gasteiger partial charge in [-0.25, -0.2) is 4.39 Å². The molecule has 2 N–H and O–H groups in total. The molecule has 104 valence electrons. The highest BCUT2D eigenvalue weighted by molar-refractivity contribution is 6.07. The minimum absolute atomic E-state index is 0.0237. The highest BCUT2D eigenvalue weighted by Gasteiger charge is 2.52. The van der Waals surface area contributed by atoms with Crippen LogP contribution < -0.4 is 10.6 Å². The SMILES string of the molecule is O=C1CC(NC(=O)C2(c3ccc(F)cc3)CC2)C(=O)N1. The highest BCUT2D eigenvalue weighted by atomic mass is 19.1. The summed E-state index contributed by atoms with van der Waals surface area (Å²) < 4.78 is 12.9. The molecule has 2 aliphatic rings. The Morgan fingerprint density at radius 3 is 2.40 bits per heavy atom. The number of rotatable bonds is 3. The average molecular weight is 276 g/mol. The van der Waals surface area contributed by atoms with Crippen molar-refractivity contribution in [1.82, 2.24) is 10.6 Å². The summed E-state index contributed by atoms with van der Waals surface area (Å²) in [5.74, 6) is -1.49. The van der Waals surface area contributed by atoms with Crippen molar-refractivity contribution >= 4 is 17.7 Å². The Labute approximate surface area is 114 Å². The molecule has 0 radical (unpaired) electrons. The smallest absolute Gasteiger partial charge is 0.249 e. The van der Waals surface area contributed by atoms with Crippen LogP contribution in [0.25, 0.3) is 0 Å². The quantitative estimate of drug-likeness (QED) is 0.784. The molecule has 0 spiro atoms. The predicted molar refractivity (Wildman–Crippen MR) is 67.0 cm³/mol. The summed E-state index contributed by atoms with van der Waals surface area (Å²) in [6.45, 7) is 0. The molecular formula is C14H13FN2O3. The van der Waals surface area contributed by atoms with Crippen LogP contribution in [-0.4, -0.2) is 23.8 Å². The molecule has 1 saturated heterocycles. The zero-order valence-electron chi connectivity index (χ0n) is 10.6. The minimum atomic E-state index is -0.798. The Morgan fingerprint density at radius 1 is 1.25 bits per heavy atom. The zero-order chi connectivity index (χ0) is 14.3. The number of carbonyl (C=O) groups excluding carboxylic acids is 3. The molecular weight excluding hydrogens is 263 g/mol. The van der Waals surface area contributed by atoms with E-state index < -0.39 is 17.4 Å². The van der Waals surface area contributed by atoms with E-state index in [0.717, 1.165) is 5.56 Å². The van der Waals surface area contributed by atoms with Gasteiger partial charge in [-0.05, 0) is 30.5 Å². The molecule has 1 saturated carbocycles. The summed E-state index contributed by atoms with van der Waals surface area (Å²) in [7, 11) is 0. The third-order valence-electron chi connectivity index (χ3n) is 3.86. The van der Waals surface area contributed by atoms with Gasteiger partial charge < -0.3 is 5.32 Å². The maximum absolute atomic E-state index is 12.9. The number of hydrogen-bond acceptors (Lipinski definition) is 3. The van der Waals surface area contributed by atoms with Gasteiger partial charge in [0.25, 0.3) is 0 Å². The average Bonchev–Trinajstić information content (AvgIpc) is 3.14. The first-order valence-electron chi connectivity index (χ1n) is 6.42. The Morgan fingerprint density at radius 2 is 1.90 bits per heavy atom. The second-order valence-electron chi connectivity index (χ2n) is 5.23. The number of halogens is 1. The van der Waals surface area contributed by atoms with E-state index in [1.807, 2.05) is 0 Å². The molecule has 0 aromatic heterocycles. The van der Waals surface area contributed by atoms with Gasteiger partial charge in [0.1, 0.15) is 11.9 Å². The van der Waals surface area contributed by atoms with Crippen molar-refractivity contribution < 1.29 is 18.8 Å². The van der Waals surface area contributed by atoms with Gasteiger partial charge in [-0.1, -0.05) is 12.1 Å². The lowest BCUT2D eigenvalue weighted by molar-refractivity contribution is -0.129. The van der Waals surface area contributed by atoms with Gasteiger partial charge in [-0.2, -0.15) is 0 Å². The van der Waals surface area contributed by atoms with Crippen molar-refractivity contribution in [2.24, 2.45) is 0 Å². The fourth-order valence-corrected chi connectivity index (χ4v) is 2.51. The summed E-state index contributed by atoms with van der Waals surface area (Å²) in [5.41, 5.74) is 0.0562. The topological polar surface area (TPSA) is 75.3 Å². The number of nitrogens with one attached hydrogen (secondary N) is 2. The highest BCUT2D eigenvalue weighted by Crippen LogP contribution is 2.48. The number of benzene rings is 1. The Bertz CT molecular complexity index is 593. The molecule has 1 aliphatic carbocycles. The second kappa shape index (κ2) is 4.40. The first kappa shape index (κ1) is 12.8. The van der Waals surface area contributed by atoms with Gasteiger partial charge in [0.15, 0.2) is 0 Å². The molecule has 1 unspecified atom stereocenters. The lowest BCUT2D eigenvalue weighted by Gasteiger charge is -2.18. The number of carbonyl (C=O) groups is 3. The van der Waals surface area contributed by atoms with Gasteiger partial charge in [-0.15, -0.1) is 0 Å². The van der Waals surface area contributed by atoms with Crippen molar-refractivity contribution in [2.75, 3.05) is 0 Å². The molecule has 1 heterocycles. The number of imide groups is 1. The van der Waals surface area contributed by atoms with Crippen LogP contribution in [0.1, 0.15) is 24.8 Å². The first-order chi connectivity index (χ1) is 9.51. The minimum Gasteiger partial charge on any atom is -0.343 e. The molecule has 1 aromatic carbocycles. The van der Waals surface area contributed by atoms with Gasteiger partial charge in [0.05, 0.1) is 11.8 Å². The Balaban J connectivity index is 1.75. The van der Waals surface area contributed by atoms with Crippen LogP contribution in [0.3, 0.4) is 0 Å². The third kappa shape index (κ3) is 2.07. The first-order valence-corrected chi connectivity index (χ1v) is 6.42. The van der Waals surface area contributed by atoms with E-state index in [-0.39, 0.29) is 24.1 Å². The zero-order valence-corrected chi connectivity index (χ0v) is 10.6.